The van der Waals surface area contributed by atoms with E-state index >= 15 is 0 Å². The zero-order valence-corrected chi connectivity index (χ0v) is 14.3. The zero-order chi connectivity index (χ0) is 16.8. The van der Waals surface area contributed by atoms with Crippen LogP contribution in [0.3, 0.4) is 0 Å². The summed E-state index contributed by atoms with van der Waals surface area (Å²) >= 11 is 0. The molecule has 0 aliphatic heterocycles. The third-order valence-electron chi connectivity index (χ3n) is 4.00. The first-order valence-corrected chi connectivity index (χ1v) is 8.02. The maximum atomic E-state index is 12.2. The Morgan fingerprint density at radius 3 is 2.26 bits per heavy atom. The lowest BCUT2D eigenvalue weighted by Crippen LogP contribution is -2.19. The molecule has 3 heteroatoms. The van der Waals surface area contributed by atoms with Gasteiger partial charge in [-0.2, -0.15) is 5.10 Å². The number of rotatable bonds is 5. The Hall–Kier alpha value is -2.42. The maximum Gasteiger partial charge on any atom is 0.271 e. The summed E-state index contributed by atoms with van der Waals surface area (Å²) in [6.45, 7) is 8.10. The van der Waals surface area contributed by atoms with E-state index < -0.39 is 0 Å². The first kappa shape index (κ1) is 16.9. The molecule has 0 heterocycles. The van der Waals surface area contributed by atoms with E-state index in [1.807, 2.05) is 51.1 Å². The molecule has 2 aromatic carbocycles. The van der Waals surface area contributed by atoms with Crippen molar-refractivity contribution in [3.8, 4) is 0 Å². The number of aryl methyl sites for hydroxylation is 3. The van der Waals surface area contributed by atoms with Gasteiger partial charge in [-0.05, 0) is 61.6 Å². The summed E-state index contributed by atoms with van der Waals surface area (Å²) in [4.78, 5) is 12.2. The number of nitrogens with zero attached hydrogens (tertiary/aromatic N) is 1. The molecule has 0 bridgehead atoms. The minimum absolute atomic E-state index is 0.185. The second kappa shape index (κ2) is 7.73. The SMILES string of the molecule is CCCc1ccc(/C(C)=N/NC(=O)c2ccc(C)c(C)c2)cc1. The number of hydrogen-bond acceptors (Lipinski definition) is 2. The molecule has 0 spiro atoms. The van der Waals surface area contributed by atoms with Crippen molar-refractivity contribution in [3.05, 3.63) is 70.3 Å². The number of nitrogens with one attached hydrogen (secondary N) is 1. The van der Waals surface area contributed by atoms with Crippen molar-refractivity contribution in [2.45, 2.75) is 40.5 Å². The van der Waals surface area contributed by atoms with Crippen LogP contribution in [0.15, 0.2) is 47.6 Å². The highest BCUT2D eigenvalue weighted by Gasteiger charge is 2.06. The molecule has 1 amide bonds. The molecule has 3 nitrogen and oxygen atoms in total. The summed E-state index contributed by atoms with van der Waals surface area (Å²) in [6.07, 6.45) is 2.22. The molecule has 0 aromatic heterocycles. The van der Waals surface area contributed by atoms with Crippen LogP contribution < -0.4 is 5.43 Å². The molecule has 0 atom stereocenters. The third-order valence-corrected chi connectivity index (χ3v) is 4.00. The molecule has 0 saturated heterocycles. The summed E-state index contributed by atoms with van der Waals surface area (Å²) in [7, 11) is 0. The quantitative estimate of drug-likeness (QED) is 0.645. The highest BCUT2D eigenvalue weighted by atomic mass is 16.2. The number of amides is 1. The molecule has 0 fully saturated rings. The van der Waals surface area contributed by atoms with Crippen LogP contribution in [0.4, 0.5) is 0 Å². The van der Waals surface area contributed by atoms with Gasteiger partial charge in [0.25, 0.3) is 5.91 Å². The number of carbonyl (C=O) groups excluding carboxylic acids is 1. The van der Waals surface area contributed by atoms with Gasteiger partial charge in [-0.3, -0.25) is 4.79 Å². The maximum absolute atomic E-state index is 12.2. The van der Waals surface area contributed by atoms with Crippen LogP contribution in [-0.4, -0.2) is 11.6 Å². The van der Waals surface area contributed by atoms with E-state index in [1.54, 1.807) is 0 Å². The summed E-state index contributed by atoms with van der Waals surface area (Å²) < 4.78 is 0. The van der Waals surface area contributed by atoms with Crippen molar-refractivity contribution in [2.75, 3.05) is 0 Å². The van der Waals surface area contributed by atoms with Crippen molar-refractivity contribution >= 4 is 11.6 Å². The summed E-state index contributed by atoms with van der Waals surface area (Å²) in [5.74, 6) is -0.185. The Bertz CT molecular complexity index is 715. The fourth-order valence-corrected chi connectivity index (χ4v) is 2.35. The molecule has 2 rings (SSSR count). The van der Waals surface area contributed by atoms with Crippen molar-refractivity contribution in [1.82, 2.24) is 5.43 Å². The third kappa shape index (κ3) is 4.52. The predicted octanol–water partition coefficient (Wildman–Crippen LogP) is 4.41. The van der Waals surface area contributed by atoms with Crippen LogP contribution in [0.5, 0.6) is 0 Å². The lowest BCUT2D eigenvalue weighted by atomic mass is 10.1. The number of carbonyl (C=O) groups is 1. The fourth-order valence-electron chi connectivity index (χ4n) is 2.35. The van der Waals surface area contributed by atoms with E-state index in [0.29, 0.717) is 5.56 Å². The Morgan fingerprint density at radius 2 is 1.65 bits per heavy atom. The topological polar surface area (TPSA) is 41.5 Å². The fraction of sp³-hybridized carbons (Fsp3) is 0.300. The van der Waals surface area contributed by atoms with Gasteiger partial charge in [0.1, 0.15) is 0 Å². The molecule has 0 radical (unpaired) electrons. The molecule has 1 N–H and O–H groups in total. The van der Waals surface area contributed by atoms with Crippen LogP contribution in [0.25, 0.3) is 0 Å². The van der Waals surface area contributed by atoms with Gasteiger partial charge >= 0.3 is 0 Å². The van der Waals surface area contributed by atoms with E-state index in [1.165, 1.54) is 11.1 Å². The van der Waals surface area contributed by atoms with E-state index in [0.717, 1.165) is 29.7 Å². The van der Waals surface area contributed by atoms with Crippen LogP contribution >= 0.6 is 0 Å². The molecule has 0 saturated carbocycles. The first-order chi connectivity index (χ1) is 11.0. The van der Waals surface area contributed by atoms with E-state index in [4.69, 9.17) is 0 Å². The predicted molar refractivity (Wildman–Crippen MR) is 96.0 cm³/mol. The standard InChI is InChI=1S/C20H24N2O/c1-5-6-17-8-11-18(12-9-17)16(4)21-22-20(23)19-10-7-14(2)15(3)13-19/h7-13H,5-6H2,1-4H3,(H,22,23)/b21-16+. The summed E-state index contributed by atoms with van der Waals surface area (Å²) in [5.41, 5.74) is 8.67. The lowest BCUT2D eigenvalue weighted by molar-refractivity contribution is 0.0954. The molecule has 2 aromatic rings. The summed E-state index contributed by atoms with van der Waals surface area (Å²) in [6, 6.07) is 14.0. The average molecular weight is 308 g/mol. The van der Waals surface area contributed by atoms with E-state index in [2.05, 4.69) is 29.6 Å². The Labute approximate surface area is 138 Å². The molecule has 0 aliphatic carbocycles. The van der Waals surface area contributed by atoms with E-state index in [-0.39, 0.29) is 5.91 Å². The molecule has 120 valence electrons. The van der Waals surface area contributed by atoms with Crippen LogP contribution in [0, 0.1) is 13.8 Å². The van der Waals surface area contributed by atoms with Gasteiger partial charge in [-0.15, -0.1) is 0 Å². The van der Waals surface area contributed by atoms with Gasteiger partial charge in [0, 0.05) is 5.56 Å². The Kier molecular flexibility index (Phi) is 5.69. The number of hydrazone groups is 1. The number of hydrogen-bond donors (Lipinski definition) is 1. The zero-order valence-electron chi connectivity index (χ0n) is 14.3. The van der Waals surface area contributed by atoms with Gasteiger partial charge in [-0.25, -0.2) is 5.43 Å². The van der Waals surface area contributed by atoms with Crippen LogP contribution in [0.1, 0.15) is 52.9 Å². The molecular weight excluding hydrogens is 284 g/mol. The van der Waals surface area contributed by atoms with Gasteiger partial charge < -0.3 is 0 Å². The van der Waals surface area contributed by atoms with Crippen molar-refractivity contribution in [3.63, 3.8) is 0 Å². The average Bonchev–Trinajstić information content (AvgIpc) is 2.56. The minimum Gasteiger partial charge on any atom is -0.267 e. The lowest BCUT2D eigenvalue weighted by Gasteiger charge is -2.06. The highest BCUT2D eigenvalue weighted by Crippen LogP contribution is 2.10. The van der Waals surface area contributed by atoms with Gasteiger partial charge in [0.05, 0.1) is 5.71 Å². The van der Waals surface area contributed by atoms with Crippen LogP contribution in [0.2, 0.25) is 0 Å². The minimum atomic E-state index is -0.185. The highest BCUT2D eigenvalue weighted by molar-refractivity contribution is 6.00. The van der Waals surface area contributed by atoms with Gasteiger partial charge in [0.2, 0.25) is 0 Å². The largest absolute Gasteiger partial charge is 0.271 e. The molecule has 0 aliphatic rings. The van der Waals surface area contributed by atoms with E-state index in [9.17, 15) is 4.79 Å². The molecule has 23 heavy (non-hydrogen) atoms. The van der Waals surface area contributed by atoms with Crippen molar-refractivity contribution in [2.24, 2.45) is 5.10 Å². The van der Waals surface area contributed by atoms with Gasteiger partial charge in [-0.1, -0.05) is 43.7 Å². The Morgan fingerprint density at radius 1 is 1.00 bits per heavy atom. The monoisotopic (exact) mass is 308 g/mol. The molecular formula is C20H24N2O. The van der Waals surface area contributed by atoms with Crippen molar-refractivity contribution < 1.29 is 4.79 Å². The van der Waals surface area contributed by atoms with Crippen molar-refractivity contribution in [1.29, 1.82) is 0 Å². The second-order valence-corrected chi connectivity index (χ2v) is 5.88. The number of benzene rings is 2. The first-order valence-electron chi connectivity index (χ1n) is 8.02. The Balaban J connectivity index is 2.05. The smallest absolute Gasteiger partial charge is 0.267 e. The summed E-state index contributed by atoms with van der Waals surface area (Å²) in [5, 5.41) is 4.22. The van der Waals surface area contributed by atoms with Gasteiger partial charge in [0.15, 0.2) is 0 Å². The second-order valence-electron chi connectivity index (χ2n) is 5.88. The normalized spacial score (nSPS) is 11.4. The van der Waals surface area contributed by atoms with Crippen LogP contribution in [-0.2, 0) is 6.42 Å². The molecule has 0 unspecified atom stereocenters.